The number of hydrogen-bond donors (Lipinski definition) is 1. The van der Waals surface area contributed by atoms with Crippen molar-refractivity contribution in [3.8, 4) is 10.7 Å². The zero-order chi connectivity index (χ0) is 16.4. The van der Waals surface area contributed by atoms with Crippen molar-refractivity contribution in [2.45, 2.75) is 13.0 Å². The van der Waals surface area contributed by atoms with Crippen molar-refractivity contribution in [3.05, 3.63) is 46.6 Å². The normalized spacial score (nSPS) is 12.1. The molecule has 23 heavy (non-hydrogen) atoms. The fraction of sp³-hybridized carbons (Fsp3) is 0.143. The van der Waals surface area contributed by atoms with Crippen LogP contribution in [0.15, 0.2) is 35.7 Å². The molecule has 118 valence electrons. The van der Waals surface area contributed by atoms with Gasteiger partial charge in [-0.2, -0.15) is 4.80 Å². The van der Waals surface area contributed by atoms with E-state index in [0.717, 1.165) is 10.9 Å². The van der Waals surface area contributed by atoms with Crippen LogP contribution in [-0.2, 0) is 4.79 Å². The lowest BCUT2D eigenvalue weighted by atomic mass is 10.2. The minimum atomic E-state index is -0.697. The van der Waals surface area contributed by atoms with E-state index in [1.165, 1.54) is 28.3 Å². The molecule has 1 aromatic carbocycles. The third kappa shape index (κ3) is 3.38. The second-order valence-corrected chi connectivity index (χ2v) is 6.06. The summed E-state index contributed by atoms with van der Waals surface area (Å²) in [6.45, 7) is 1.63. The number of aromatic nitrogens is 4. The Morgan fingerprint density at radius 1 is 1.43 bits per heavy atom. The second kappa shape index (κ2) is 6.43. The number of tetrazole rings is 1. The molecule has 0 aliphatic rings. The number of anilines is 1. The van der Waals surface area contributed by atoms with Gasteiger partial charge in [-0.1, -0.05) is 17.7 Å². The molecule has 1 N–H and O–H groups in total. The van der Waals surface area contributed by atoms with Crippen molar-refractivity contribution in [3.63, 3.8) is 0 Å². The molecule has 0 radical (unpaired) electrons. The number of benzene rings is 1. The van der Waals surface area contributed by atoms with Gasteiger partial charge in [0.15, 0.2) is 0 Å². The maximum Gasteiger partial charge on any atom is 0.250 e. The summed E-state index contributed by atoms with van der Waals surface area (Å²) in [5, 5.41) is 16.7. The molecule has 0 aliphatic heterocycles. The first kappa shape index (κ1) is 15.6. The molecule has 2 aromatic heterocycles. The predicted octanol–water partition coefficient (Wildman–Crippen LogP) is 3.39. The third-order valence-electron chi connectivity index (χ3n) is 3.08. The Balaban J connectivity index is 1.75. The van der Waals surface area contributed by atoms with Crippen molar-refractivity contribution in [2.24, 2.45) is 0 Å². The standard InChI is InChI=1S/C14H11ClFN5OS/c1-8(14(22)17-11-5-4-9(16)7-10(11)15)21-19-13(18-20-21)12-3-2-6-23-12/h2-8H,1H3,(H,17,22)/t8-/m0/s1. The molecule has 0 bridgehead atoms. The molecule has 0 fully saturated rings. The van der Waals surface area contributed by atoms with Gasteiger partial charge in [0, 0.05) is 0 Å². The minimum Gasteiger partial charge on any atom is -0.323 e. The van der Waals surface area contributed by atoms with Crippen LogP contribution in [0.1, 0.15) is 13.0 Å². The molecule has 0 saturated heterocycles. The van der Waals surface area contributed by atoms with Gasteiger partial charge in [-0.05, 0) is 41.8 Å². The van der Waals surface area contributed by atoms with Crippen molar-refractivity contribution < 1.29 is 9.18 Å². The van der Waals surface area contributed by atoms with Gasteiger partial charge in [0.2, 0.25) is 5.82 Å². The summed E-state index contributed by atoms with van der Waals surface area (Å²) >= 11 is 7.38. The number of rotatable bonds is 4. The van der Waals surface area contributed by atoms with Crippen LogP contribution < -0.4 is 5.32 Å². The summed E-state index contributed by atoms with van der Waals surface area (Å²) in [6.07, 6.45) is 0. The quantitative estimate of drug-likeness (QED) is 0.782. The number of thiophene rings is 1. The van der Waals surface area contributed by atoms with Gasteiger partial charge in [-0.25, -0.2) is 4.39 Å². The van der Waals surface area contributed by atoms with Crippen LogP contribution in [0.2, 0.25) is 5.02 Å². The zero-order valence-electron chi connectivity index (χ0n) is 11.9. The summed E-state index contributed by atoms with van der Waals surface area (Å²) in [4.78, 5) is 14.3. The van der Waals surface area contributed by atoms with Gasteiger partial charge in [-0.3, -0.25) is 4.79 Å². The summed E-state index contributed by atoms with van der Waals surface area (Å²) in [6, 6.07) is 6.80. The molecule has 2 heterocycles. The highest BCUT2D eigenvalue weighted by Crippen LogP contribution is 2.24. The molecule has 0 saturated carbocycles. The highest BCUT2D eigenvalue weighted by atomic mass is 35.5. The second-order valence-electron chi connectivity index (χ2n) is 4.70. The van der Waals surface area contributed by atoms with E-state index < -0.39 is 11.9 Å². The molecular formula is C14H11ClFN5OS. The maximum atomic E-state index is 13.0. The van der Waals surface area contributed by atoms with E-state index >= 15 is 0 Å². The fourth-order valence-electron chi connectivity index (χ4n) is 1.83. The molecule has 0 unspecified atom stereocenters. The van der Waals surface area contributed by atoms with Gasteiger partial charge in [0.05, 0.1) is 15.6 Å². The zero-order valence-corrected chi connectivity index (χ0v) is 13.5. The largest absolute Gasteiger partial charge is 0.323 e. The monoisotopic (exact) mass is 351 g/mol. The number of nitrogens with one attached hydrogen (secondary N) is 1. The lowest BCUT2D eigenvalue weighted by Crippen LogP contribution is -2.25. The van der Waals surface area contributed by atoms with Crippen LogP contribution in [0.3, 0.4) is 0 Å². The van der Waals surface area contributed by atoms with Gasteiger partial charge < -0.3 is 5.32 Å². The summed E-state index contributed by atoms with van der Waals surface area (Å²) in [7, 11) is 0. The predicted molar refractivity (Wildman–Crippen MR) is 85.9 cm³/mol. The lowest BCUT2D eigenvalue weighted by molar-refractivity contribution is -0.119. The van der Waals surface area contributed by atoms with Gasteiger partial charge in [0.1, 0.15) is 11.9 Å². The van der Waals surface area contributed by atoms with Crippen molar-refractivity contribution >= 4 is 34.5 Å². The maximum absolute atomic E-state index is 13.0. The molecule has 3 aromatic rings. The van der Waals surface area contributed by atoms with Crippen LogP contribution in [0.5, 0.6) is 0 Å². The van der Waals surface area contributed by atoms with Crippen LogP contribution in [-0.4, -0.2) is 26.1 Å². The summed E-state index contributed by atoms with van der Waals surface area (Å²) < 4.78 is 13.0. The van der Waals surface area contributed by atoms with E-state index in [-0.39, 0.29) is 10.9 Å². The van der Waals surface area contributed by atoms with Crippen molar-refractivity contribution in [1.82, 2.24) is 20.2 Å². The van der Waals surface area contributed by atoms with E-state index in [0.29, 0.717) is 11.5 Å². The third-order valence-corrected chi connectivity index (χ3v) is 4.26. The number of carbonyl (C=O) groups excluding carboxylic acids is 1. The van der Waals surface area contributed by atoms with Crippen LogP contribution in [0, 0.1) is 5.82 Å². The molecule has 1 amide bonds. The number of nitrogens with zero attached hydrogens (tertiary/aromatic N) is 4. The lowest BCUT2D eigenvalue weighted by Gasteiger charge is -2.11. The highest BCUT2D eigenvalue weighted by molar-refractivity contribution is 7.13. The molecule has 1 atom stereocenters. The van der Waals surface area contributed by atoms with Crippen LogP contribution in [0.25, 0.3) is 10.7 Å². The Kier molecular flexibility index (Phi) is 4.35. The van der Waals surface area contributed by atoms with E-state index in [2.05, 4.69) is 20.7 Å². The number of halogens is 2. The molecule has 3 rings (SSSR count). The van der Waals surface area contributed by atoms with E-state index in [4.69, 9.17) is 11.6 Å². The van der Waals surface area contributed by atoms with E-state index in [1.54, 1.807) is 6.92 Å². The number of hydrogen-bond acceptors (Lipinski definition) is 5. The molecular weight excluding hydrogens is 341 g/mol. The highest BCUT2D eigenvalue weighted by Gasteiger charge is 2.20. The SMILES string of the molecule is C[C@@H](C(=O)Nc1ccc(F)cc1Cl)n1nnc(-c2cccs2)n1. The Morgan fingerprint density at radius 3 is 2.96 bits per heavy atom. The first-order valence-corrected chi connectivity index (χ1v) is 7.89. The molecule has 6 nitrogen and oxygen atoms in total. The van der Waals surface area contributed by atoms with Crippen LogP contribution in [0.4, 0.5) is 10.1 Å². The Bertz CT molecular complexity index is 836. The van der Waals surface area contributed by atoms with Gasteiger partial charge >= 0.3 is 0 Å². The smallest absolute Gasteiger partial charge is 0.250 e. The average molecular weight is 352 g/mol. The first-order chi connectivity index (χ1) is 11.0. The Morgan fingerprint density at radius 2 is 2.26 bits per heavy atom. The average Bonchev–Trinajstić information content (AvgIpc) is 3.19. The van der Waals surface area contributed by atoms with Crippen LogP contribution >= 0.6 is 22.9 Å². The molecule has 0 aliphatic carbocycles. The number of carbonyl (C=O) groups is 1. The summed E-state index contributed by atoms with van der Waals surface area (Å²) in [5.41, 5.74) is 0.323. The first-order valence-electron chi connectivity index (χ1n) is 6.64. The fourth-order valence-corrected chi connectivity index (χ4v) is 2.69. The molecule has 9 heteroatoms. The van der Waals surface area contributed by atoms with E-state index in [1.807, 2.05) is 17.5 Å². The Hall–Kier alpha value is -2.32. The molecule has 0 spiro atoms. The van der Waals surface area contributed by atoms with Gasteiger partial charge in [0.25, 0.3) is 5.91 Å². The van der Waals surface area contributed by atoms with Crippen molar-refractivity contribution in [2.75, 3.05) is 5.32 Å². The van der Waals surface area contributed by atoms with Crippen molar-refractivity contribution in [1.29, 1.82) is 0 Å². The topological polar surface area (TPSA) is 72.7 Å². The Labute approximate surface area is 139 Å². The summed E-state index contributed by atoms with van der Waals surface area (Å²) in [5.74, 6) is -0.396. The number of amides is 1. The van der Waals surface area contributed by atoms with E-state index in [9.17, 15) is 9.18 Å². The minimum absolute atomic E-state index is 0.122. The van der Waals surface area contributed by atoms with Gasteiger partial charge in [-0.15, -0.1) is 21.5 Å².